The summed E-state index contributed by atoms with van der Waals surface area (Å²) in [4.78, 5) is 28.0. The second-order valence-corrected chi connectivity index (χ2v) is 6.05. The summed E-state index contributed by atoms with van der Waals surface area (Å²) in [5.74, 6) is 0.0191. The Morgan fingerprint density at radius 2 is 2.05 bits per heavy atom. The largest absolute Gasteiger partial charge is 0.365 e. The number of amides is 2. The van der Waals surface area contributed by atoms with Crippen LogP contribution in [0.3, 0.4) is 0 Å². The molecule has 0 unspecified atom stereocenters. The first kappa shape index (κ1) is 14.5. The van der Waals surface area contributed by atoms with Gasteiger partial charge in [0.2, 0.25) is 5.91 Å². The van der Waals surface area contributed by atoms with E-state index in [9.17, 15) is 9.59 Å². The highest BCUT2D eigenvalue weighted by atomic mass is 32.2. The van der Waals surface area contributed by atoms with Gasteiger partial charge in [-0.05, 0) is 12.1 Å². The van der Waals surface area contributed by atoms with Gasteiger partial charge in [0.25, 0.3) is 5.91 Å². The maximum Gasteiger partial charge on any atom is 0.260 e. The molecule has 0 aliphatic rings. The number of aromatic nitrogens is 1. The maximum absolute atomic E-state index is 11.7. The summed E-state index contributed by atoms with van der Waals surface area (Å²) in [6.07, 6.45) is 1.74. The Morgan fingerprint density at radius 1 is 1.30 bits per heavy atom. The first-order valence-electron chi connectivity index (χ1n) is 5.88. The lowest BCUT2D eigenvalue weighted by atomic mass is 10.4. The van der Waals surface area contributed by atoms with Crippen LogP contribution in [0.15, 0.2) is 41.4 Å². The molecule has 0 radical (unpaired) electrons. The van der Waals surface area contributed by atoms with E-state index in [0.717, 1.165) is 16.2 Å². The molecule has 0 saturated heterocycles. The Labute approximate surface area is 124 Å². The molecule has 0 saturated carbocycles. The van der Waals surface area contributed by atoms with E-state index in [0.29, 0.717) is 22.2 Å². The number of carbonyl (C=O) groups is 2. The van der Waals surface area contributed by atoms with Gasteiger partial charge < -0.3 is 11.1 Å². The fourth-order valence-corrected chi connectivity index (χ4v) is 2.96. The molecule has 0 bridgehead atoms. The molecular formula is C13H13N3O2S2. The van der Waals surface area contributed by atoms with Crippen molar-refractivity contribution in [3.8, 4) is 0 Å². The van der Waals surface area contributed by atoms with Gasteiger partial charge in [-0.25, -0.2) is 4.98 Å². The number of benzene rings is 1. The standard InChI is InChI=1S/C13H13N3O2S2/c14-12(18)10-8-15-13(20-10)16-11(17)6-7-19-9-4-2-1-3-5-9/h1-5,8H,6-7H2,(H2,14,18)(H,15,16,17). The lowest BCUT2D eigenvalue weighted by Crippen LogP contribution is -2.11. The van der Waals surface area contributed by atoms with Crippen LogP contribution in [0, 0.1) is 0 Å². The summed E-state index contributed by atoms with van der Waals surface area (Å²) in [5.41, 5.74) is 5.12. The number of thioether (sulfide) groups is 1. The van der Waals surface area contributed by atoms with Crippen LogP contribution >= 0.6 is 23.1 Å². The maximum atomic E-state index is 11.7. The highest BCUT2D eigenvalue weighted by molar-refractivity contribution is 7.99. The van der Waals surface area contributed by atoms with Gasteiger partial charge >= 0.3 is 0 Å². The molecule has 1 aromatic carbocycles. The predicted octanol–water partition coefficient (Wildman–Crippen LogP) is 2.36. The van der Waals surface area contributed by atoms with E-state index in [1.54, 1.807) is 11.8 Å². The molecule has 3 N–H and O–H groups in total. The van der Waals surface area contributed by atoms with Crippen LogP contribution in [0.5, 0.6) is 0 Å². The molecule has 1 heterocycles. The monoisotopic (exact) mass is 307 g/mol. The number of nitrogens with zero attached hydrogens (tertiary/aromatic N) is 1. The molecule has 7 heteroatoms. The number of hydrogen-bond acceptors (Lipinski definition) is 5. The van der Waals surface area contributed by atoms with E-state index in [1.807, 2.05) is 30.3 Å². The third kappa shape index (κ3) is 4.36. The Kier molecular flexibility index (Phi) is 5.14. The highest BCUT2D eigenvalue weighted by Crippen LogP contribution is 2.20. The Balaban J connectivity index is 1.76. The summed E-state index contributed by atoms with van der Waals surface area (Å²) in [5, 5.41) is 3.05. The molecular weight excluding hydrogens is 294 g/mol. The molecule has 2 amide bonds. The van der Waals surface area contributed by atoms with Crippen molar-refractivity contribution >= 4 is 40.0 Å². The normalized spacial score (nSPS) is 10.2. The van der Waals surface area contributed by atoms with Crippen LogP contribution in [0.4, 0.5) is 5.13 Å². The van der Waals surface area contributed by atoms with Crippen LogP contribution in [-0.4, -0.2) is 22.6 Å². The van der Waals surface area contributed by atoms with Crippen molar-refractivity contribution in [1.29, 1.82) is 0 Å². The molecule has 0 fully saturated rings. The number of anilines is 1. The molecule has 0 aliphatic heterocycles. The van der Waals surface area contributed by atoms with Gasteiger partial charge in [0.1, 0.15) is 4.88 Å². The second kappa shape index (κ2) is 7.06. The number of nitrogens with one attached hydrogen (secondary N) is 1. The van der Waals surface area contributed by atoms with Gasteiger partial charge in [-0.3, -0.25) is 9.59 Å². The highest BCUT2D eigenvalue weighted by Gasteiger charge is 2.09. The van der Waals surface area contributed by atoms with E-state index in [2.05, 4.69) is 10.3 Å². The fraction of sp³-hybridized carbons (Fsp3) is 0.154. The van der Waals surface area contributed by atoms with Crippen molar-refractivity contribution in [2.45, 2.75) is 11.3 Å². The molecule has 0 atom stereocenters. The number of primary amides is 1. The topological polar surface area (TPSA) is 85.1 Å². The molecule has 0 aliphatic carbocycles. The first-order valence-corrected chi connectivity index (χ1v) is 7.68. The van der Waals surface area contributed by atoms with Crippen molar-refractivity contribution in [3.05, 3.63) is 41.4 Å². The lowest BCUT2D eigenvalue weighted by Gasteiger charge is -2.02. The van der Waals surface area contributed by atoms with Gasteiger partial charge in [-0.2, -0.15) is 0 Å². The molecule has 0 spiro atoms. The summed E-state index contributed by atoms with van der Waals surface area (Å²) in [7, 11) is 0. The lowest BCUT2D eigenvalue weighted by molar-refractivity contribution is -0.115. The zero-order valence-electron chi connectivity index (χ0n) is 10.5. The van der Waals surface area contributed by atoms with Crippen LogP contribution < -0.4 is 11.1 Å². The zero-order chi connectivity index (χ0) is 14.4. The fourth-order valence-electron chi connectivity index (χ4n) is 1.41. The van der Waals surface area contributed by atoms with Gasteiger partial charge in [0.05, 0.1) is 6.20 Å². The summed E-state index contributed by atoms with van der Waals surface area (Å²) < 4.78 is 0. The van der Waals surface area contributed by atoms with Crippen molar-refractivity contribution in [1.82, 2.24) is 4.98 Å². The molecule has 5 nitrogen and oxygen atoms in total. The van der Waals surface area contributed by atoms with Crippen LogP contribution in [0.1, 0.15) is 16.1 Å². The van der Waals surface area contributed by atoms with E-state index in [-0.39, 0.29) is 5.91 Å². The van der Waals surface area contributed by atoms with Gasteiger partial charge in [0.15, 0.2) is 5.13 Å². The predicted molar refractivity (Wildman–Crippen MR) is 81.0 cm³/mol. The summed E-state index contributed by atoms with van der Waals surface area (Å²) >= 11 is 2.69. The average molecular weight is 307 g/mol. The molecule has 2 rings (SSSR count). The van der Waals surface area contributed by atoms with E-state index in [1.165, 1.54) is 6.20 Å². The molecule has 1 aromatic heterocycles. The smallest absolute Gasteiger partial charge is 0.260 e. The summed E-state index contributed by atoms with van der Waals surface area (Å²) in [6, 6.07) is 9.88. The number of rotatable bonds is 6. The zero-order valence-corrected chi connectivity index (χ0v) is 12.2. The van der Waals surface area contributed by atoms with Crippen LogP contribution in [-0.2, 0) is 4.79 Å². The van der Waals surface area contributed by atoms with Crippen molar-refractivity contribution in [2.75, 3.05) is 11.1 Å². The van der Waals surface area contributed by atoms with Gasteiger partial charge in [-0.15, -0.1) is 11.8 Å². The van der Waals surface area contributed by atoms with E-state index < -0.39 is 5.91 Å². The average Bonchev–Trinajstić information content (AvgIpc) is 2.88. The first-order chi connectivity index (χ1) is 9.65. The quantitative estimate of drug-likeness (QED) is 0.802. The Morgan fingerprint density at radius 3 is 2.70 bits per heavy atom. The Bertz CT molecular complexity index is 599. The van der Waals surface area contributed by atoms with Crippen molar-refractivity contribution in [2.24, 2.45) is 5.73 Å². The second-order valence-electron chi connectivity index (χ2n) is 3.85. The van der Waals surface area contributed by atoms with Crippen molar-refractivity contribution in [3.63, 3.8) is 0 Å². The van der Waals surface area contributed by atoms with Gasteiger partial charge in [0, 0.05) is 17.1 Å². The van der Waals surface area contributed by atoms with Gasteiger partial charge in [-0.1, -0.05) is 29.5 Å². The minimum absolute atomic E-state index is 0.126. The number of carbonyl (C=O) groups excluding carboxylic acids is 2. The van der Waals surface area contributed by atoms with E-state index in [4.69, 9.17) is 5.73 Å². The Hall–Kier alpha value is -1.86. The SMILES string of the molecule is NC(=O)c1cnc(NC(=O)CCSc2ccccc2)s1. The molecule has 104 valence electrons. The number of thiazole rings is 1. The molecule has 20 heavy (non-hydrogen) atoms. The molecule has 2 aromatic rings. The van der Waals surface area contributed by atoms with Crippen LogP contribution in [0.25, 0.3) is 0 Å². The number of nitrogens with two attached hydrogens (primary N) is 1. The minimum Gasteiger partial charge on any atom is -0.365 e. The third-order valence-corrected chi connectivity index (χ3v) is 4.28. The summed E-state index contributed by atoms with van der Waals surface area (Å²) in [6.45, 7) is 0. The third-order valence-electron chi connectivity index (χ3n) is 2.34. The van der Waals surface area contributed by atoms with Crippen LogP contribution in [0.2, 0.25) is 0 Å². The minimum atomic E-state index is -0.539. The number of hydrogen-bond donors (Lipinski definition) is 2. The van der Waals surface area contributed by atoms with Crippen molar-refractivity contribution < 1.29 is 9.59 Å². The van der Waals surface area contributed by atoms with E-state index >= 15 is 0 Å².